The quantitative estimate of drug-likeness (QED) is 0.877. The predicted octanol–water partition coefficient (Wildman–Crippen LogP) is 2.26. The van der Waals surface area contributed by atoms with Crippen LogP contribution in [0.2, 0.25) is 0 Å². The van der Waals surface area contributed by atoms with Gasteiger partial charge >= 0.3 is 0 Å². The van der Waals surface area contributed by atoms with Crippen LogP contribution in [0, 0.1) is 0 Å². The van der Waals surface area contributed by atoms with Gasteiger partial charge < -0.3 is 15.2 Å². The lowest BCUT2D eigenvalue weighted by atomic mass is 10.2. The molecule has 2 rings (SSSR count). The van der Waals surface area contributed by atoms with Crippen LogP contribution < -0.4 is 5.73 Å². The Bertz CT molecular complexity index is 549. The third kappa shape index (κ3) is 3.17. The first-order valence-corrected chi connectivity index (χ1v) is 7.04. The number of pyridine rings is 1. The summed E-state index contributed by atoms with van der Waals surface area (Å²) in [6.07, 6.45) is 6.56. The SMILES string of the molecule is CCC(C)N(C)CCn1cncc1-c1cccnc1N. The van der Waals surface area contributed by atoms with Crippen molar-refractivity contribution in [2.45, 2.75) is 32.9 Å². The summed E-state index contributed by atoms with van der Waals surface area (Å²) in [5.74, 6) is 0.546. The van der Waals surface area contributed by atoms with Crippen LogP contribution in [-0.2, 0) is 6.54 Å². The average molecular weight is 273 g/mol. The highest BCUT2D eigenvalue weighted by Crippen LogP contribution is 2.23. The van der Waals surface area contributed by atoms with Crippen molar-refractivity contribution in [2.75, 3.05) is 19.3 Å². The molecular formula is C15H23N5. The Hall–Kier alpha value is -1.88. The van der Waals surface area contributed by atoms with E-state index >= 15 is 0 Å². The number of nitrogens with two attached hydrogens (primary N) is 1. The highest BCUT2D eigenvalue weighted by atomic mass is 15.2. The van der Waals surface area contributed by atoms with E-state index in [1.807, 2.05) is 24.7 Å². The molecule has 0 bridgehead atoms. The van der Waals surface area contributed by atoms with Crippen molar-refractivity contribution in [3.8, 4) is 11.3 Å². The van der Waals surface area contributed by atoms with Gasteiger partial charge in [0.15, 0.2) is 0 Å². The van der Waals surface area contributed by atoms with Gasteiger partial charge in [0.2, 0.25) is 0 Å². The first kappa shape index (κ1) is 14.5. The lowest BCUT2D eigenvalue weighted by molar-refractivity contribution is 0.243. The van der Waals surface area contributed by atoms with Crippen molar-refractivity contribution < 1.29 is 0 Å². The average Bonchev–Trinajstić information content (AvgIpc) is 2.92. The highest BCUT2D eigenvalue weighted by molar-refractivity contribution is 5.70. The summed E-state index contributed by atoms with van der Waals surface area (Å²) in [6.45, 7) is 6.33. The third-order valence-electron chi connectivity index (χ3n) is 3.86. The highest BCUT2D eigenvalue weighted by Gasteiger charge is 2.11. The van der Waals surface area contributed by atoms with Gasteiger partial charge in [-0.05, 0) is 32.5 Å². The number of hydrogen-bond acceptors (Lipinski definition) is 4. The van der Waals surface area contributed by atoms with Gasteiger partial charge in [0.05, 0.1) is 18.2 Å². The van der Waals surface area contributed by atoms with Gasteiger partial charge in [-0.2, -0.15) is 0 Å². The monoisotopic (exact) mass is 273 g/mol. The molecule has 0 radical (unpaired) electrons. The second-order valence-electron chi connectivity index (χ2n) is 5.15. The largest absolute Gasteiger partial charge is 0.383 e. The summed E-state index contributed by atoms with van der Waals surface area (Å²) in [5.41, 5.74) is 7.91. The third-order valence-corrected chi connectivity index (χ3v) is 3.86. The second-order valence-corrected chi connectivity index (χ2v) is 5.15. The lowest BCUT2D eigenvalue weighted by Crippen LogP contribution is -2.31. The Morgan fingerprint density at radius 1 is 1.45 bits per heavy atom. The molecule has 0 aliphatic rings. The molecule has 2 heterocycles. The Labute approximate surface area is 120 Å². The molecule has 2 aromatic heterocycles. The van der Waals surface area contributed by atoms with Crippen LogP contribution in [-0.4, -0.2) is 39.1 Å². The van der Waals surface area contributed by atoms with Crippen LogP contribution in [0.5, 0.6) is 0 Å². The van der Waals surface area contributed by atoms with Crippen molar-refractivity contribution in [3.63, 3.8) is 0 Å². The molecular weight excluding hydrogens is 250 g/mol. The molecule has 20 heavy (non-hydrogen) atoms. The van der Waals surface area contributed by atoms with E-state index in [1.54, 1.807) is 6.20 Å². The molecule has 0 spiro atoms. The zero-order chi connectivity index (χ0) is 14.5. The molecule has 1 unspecified atom stereocenters. The maximum Gasteiger partial charge on any atom is 0.132 e. The molecule has 0 aromatic carbocycles. The maximum absolute atomic E-state index is 5.94. The minimum Gasteiger partial charge on any atom is -0.383 e. The minimum absolute atomic E-state index is 0.546. The van der Waals surface area contributed by atoms with Crippen LogP contribution in [0.4, 0.5) is 5.82 Å². The molecule has 0 fully saturated rings. The van der Waals surface area contributed by atoms with E-state index in [2.05, 4.69) is 40.3 Å². The number of hydrogen-bond donors (Lipinski definition) is 1. The lowest BCUT2D eigenvalue weighted by Gasteiger charge is -2.24. The van der Waals surface area contributed by atoms with Crippen molar-refractivity contribution in [1.82, 2.24) is 19.4 Å². The summed E-state index contributed by atoms with van der Waals surface area (Å²) in [7, 11) is 2.16. The molecule has 0 aliphatic carbocycles. The number of anilines is 1. The van der Waals surface area contributed by atoms with E-state index in [0.717, 1.165) is 30.8 Å². The van der Waals surface area contributed by atoms with E-state index in [-0.39, 0.29) is 0 Å². The van der Waals surface area contributed by atoms with Crippen LogP contribution in [0.25, 0.3) is 11.3 Å². The predicted molar refractivity (Wildman–Crippen MR) is 82.3 cm³/mol. The zero-order valence-electron chi connectivity index (χ0n) is 12.5. The van der Waals surface area contributed by atoms with Crippen LogP contribution in [0.15, 0.2) is 30.9 Å². The molecule has 0 amide bonds. The summed E-state index contributed by atoms with van der Waals surface area (Å²) < 4.78 is 2.13. The van der Waals surface area contributed by atoms with Gasteiger partial charge in [-0.1, -0.05) is 6.92 Å². The van der Waals surface area contributed by atoms with Crippen molar-refractivity contribution >= 4 is 5.82 Å². The normalized spacial score (nSPS) is 12.8. The molecule has 2 N–H and O–H groups in total. The first-order valence-electron chi connectivity index (χ1n) is 7.04. The van der Waals surface area contributed by atoms with Crippen molar-refractivity contribution in [2.24, 2.45) is 0 Å². The number of imidazole rings is 1. The number of nitrogens with zero attached hydrogens (tertiary/aromatic N) is 4. The number of rotatable bonds is 6. The van der Waals surface area contributed by atoms with E-state index in [4.69, 9.17) is 5.73 Å². The summed E-state index contributed by atoms with van der Waals surface area (Å²) >= 11 is 0. The molecule has 0 aliphatic heterocycles. The Balaban J connectivity index is 2.12. The van der Waals surface area contributed by atoms with Gasteiger partial charge in [0.25, 0.3) is 0 Å². The summed E-state index contributed by atoms with van der Waals surface area (Å²) in [6, 6.07) is 4.47. The Morgan fingerprint density at radius 3 is 2.95 bits per heavy atom. The number of aromatic nitrogens is 3. The molecule has 5 nitrogen and oxygen atoms in total. The topological polar surface area (TPSA) is 60.0 Å². The van der Waals surface area contributed by atoms with Gasteiger partial charge in [-0.15, -0.1) is 0 Å². The van der Waals surface area contributed by atoms with Crippen molar-refractivity contribution in [1.29, 1.82) is 0 Å². The molecule has 0 saturated carbocycles. The van der Waals surface area contributed by atoms with Gasteiger partial charge in [0.1, 0.15) is 5.82 Å². The van der Waals surface area contributed by atoms with E-state index in [0.29, 0.717) is 11.9 Å². The Morgan fingerprint density at radius 2 is 2.25 bits per heavy atom. The maximum atomic E-state index is 5.94. The van der Waals surface area contributed by atoms with Gasteiger partial charge in [0, 0.05) is 30.9 Å². The van der Waals surface area contributed by atoms with Gasteiger partial charge in [-0.3, -0.25) is 0 Å². The molecule has 5 heteroatoms. The van der Waals surface area contributed by atoms with E-state index < -0.39 is 0 Å². The summed E-state index contributed by atoms with van der Waals surface area (Å²) in [5, 5.41) is 0. The Kier molecular flexibility index (Phi) is 4.74. The molecule has 1 atom stereocenters. The van der Waals surface area contributed by atoms with E-state index in [1.165, 1.54) is 0 Å². The van der Waals surface area contributed by atoms with Crippen molar-refractivity contribution in [3.05, 3.63) is 30.9 Å². The zero-order valence-corrected chi connectivity index (χ0v) is 12.5. The minimum atomic E-state index is 0.546. The molecule has 108 valence electrons. The standard InChI is InChI=1S/C15H23N5/c1-4-12(2)19(3)8-9-20-11-17-10-14(20)13-6-5-7-18-15(13)16/h5-7,10-12H,4,8-9H2,1-3H3,(H2,16,18). The fourth-order valence-corrected chi connectivity index (χ4v) is 2.15. The molecule has 2 aromatic rings. The summed E-state index contributed by atoms with van der Waals surface area (Å²) in [4.78, 5) is 10.7. The van der Waals surface area contributed by atoms with Crippen LogP contribution >= 0.6 is 0 Å². The smallest absolute Gasteiger partial charge is 0.132 e. The second kappa shape index (κ2) is 6.52. The first-order chi connectivity index (χ1) is 9.63. The van der Waals surface area contributed by atoms with Gasteiger partial charge in [-0.25, -0.2) is 9.97 Å². The fraction of sp³-hybridized carbons (Fsp3) is 0.467. The van der Waals surface area contributed by atoms with Crippen LogP contribution in [0.1, 0.15) is 20.3 Å². The van der Waals surface area contributed by atoms with E-state index in [9.17, 15) is 0 Å². The fourth-order valence-electron chi connectivity index (χ4n) is 2.15. The molecule has 0 saturated heterocycles. The number of nitrogen functional groups attached to an aromatic ring is 1. The number of likely N-dealkylation sites (N-methyl/N-ethyl adjacent to an activating group) is 1. The van der Waals surface area contributed by atoms with Crippen LogP contribution in [0.3, 0.4) is 0 Å².